The highest BCUT2D eigenvalue weighted by Crippen LogP contribution is 2.34. The van der Waals surface area contributed by atoms with E-state index in [-0.39, 0.29) is 4.90 Å². The second-order valence-corrected chi connectivity index (χ2v) is 11.4. The quantitative estimate of drug-likeness (QED) is 0.224. The molecule has 0 fully saturated rings. The molecule has 1 heterocycles. The zero-order valence-corrected chi connectivity index (χ0v) is 21.2. The highest BCUT2D eigenvalue weighted by Gasteiger charge is 2.30. The molecule has 0 bridgehead atoms. The summed E-state index contributed by atoms with van der Waals surface area (Å²) in [6.45, 7) is 0. The maximum atomic E-state index is 13.0. The topological polar surface area (TPSA) is 51.1 Å². The summed E-state index contributed by atoms with van der Waals surface area (Å²) in [5, 5.41) is 0.931. The molecule has 0 saturated heterocycles. The van der Waals surface area contributed by atoms with E-state index in [9.17, 15) is 21.6 Å². The van der Waals surface area contributed by atoms with Gasteiger partial charge in [-0.15, -0.1) is 0 Å². The Bertz CT molecular complexity index is 1680. The third kappa shape index (κ3) is 5.38. The van der Waals surface area contributed by atoms with Crippen LogP contribution in [-0.2, 0) is 16.0 Å². The number of hydrogen-bond acceptors (Lipinski definition) is 4. The maximum Gasteiger partial charge on any atom is 0.416 e. The van der Waals surface area contributed by atoms with Gasteiger partial charge in [-0.2, -0.15) is 13.2 Å². The van der Waals surface area contributed by atoms with Crippen molar-refractivity contribution in [2.45, 2.75) is 16.0 Å². The molecule has 9 heteroatoms. The van der Waals surface area contributed by atoms with E-state index in [1.54, 1.807) is 24.3 Å². The van der Waals surface area contributed by atoms with Gasteiger partial charge in [-0.25, -0.2) is 8.42 Å². The Balaban J connectivity index is 1.40. The number of benzene rings is 4. The molecule has 4 nitrogen and oxygen atoms in total. The van der Waals surface area contributed by atoms with Gasteiger partial charge in [-0.05, 0) is 89.8 Å². The number of halogens is 3. The second-order valence-electron chi connectivity index (χ2n) is 8.50. The standard InChI is InChI=1S/C28H21F3N2O2S2/c1-37(34,35)24-14-12-23(13-15-24)36-32-21-4-2-5-22(18-21)33-17-16-26-25(6-3-7-27(26)33)19-8-10-20(11-9-19)28(29,30)31/h2-18,32H,1H3. The van der Waals surface area contributed by atoms with Crippen LogP contribution in [0.1, 0.15) is 5.56 Å². The van der Waals surface area contributed by atoms with Gasteiger partial charge >= 0.3 is 6.18 Å². The lowest BCUT2D eigenvalue weighted by molar-refractivity contribution is -0.137. The fourth-order valence-electron chi connectivity index (χ4n) is 4.08. The summed E-state index contributed by atoms with van der Waals surface area (Å²) in [7, 11) is -3.24. The van der Waals surface area contributed by atoms with Crippen LogP contribution in [0.4, 0.5) is 18.9 Å². The molecule has 37 heavy (non-hydrogen) atoms. The van der Waals surface area contributed by atoms with E-state index in [2.05, 4.69) is 4.72 Å². The molecule has 5 aromatic rings. The van der Waals surface area contributed by atoms with Crippen LogP contribution in [0.5, 0.6) is 0 Å². The molecule has 0 radical (unpaired) electrons. The minimum Gasteiger partial charge on any atom is -0.326 e. The number of aromatic nitrogens is 1. The number of sulfone groups is 1. The van der Waals surface area contributed by atoms with Gasteiger partial charge in [0.25, 0.3) is 0 Å². The molecule has 0 aliphatic rings. The molecule has 0 atom stereocenters. The zero-order valence-electron chi connectivity index (χ0n) is 19.5. The van der Waals surface area contributed by atoms with Crippen molar-refractivity contribution in [2.24, 2.45) is 0 Å². The molecule has 4 aromatic carbocycles. The minimum atomic E-state index is -4.37. The van der Waals surface area contributed by atoms with E-state index in [0.29, 0.717) is 5.56 Å². The van der Waals surface area contributed by atoms with Crippen molar-refractivity contribution < 1.29 is 21.6 Å². The molecule has 0 saturated carbocycles. The van der Waals surface area contributed by atoms with E-state index in [1.807, 2.05) is 59.3 Å². The lowest BCUT2D eigenvalue weighted by atomic mass is 10.0. The van der Waals surface area contributed by atoms with E-state index in [4.69, 9.17) is 0 Å². The smallest absolute Gasteiger partial charge is 0.326 e. The van der Waals surface area contributed by atoms with Crippen molar-refractivity contribution in [1.82, 2.24) is 4.57 Å². The van der Waals surface area contributed by atoms with E-state index >= 15 is 0 Å². The van der Waals surface area contributed by atoms with Gasteiger partial charge in [0, 0.05) is 34.1 Å². The molecule has 0 unspecified atom stereocenters. The minimum absolute atomic E-state index is 0.272. The number of rotatable bonds is 6. The third-order valence-corrected chi connectivity index (χ3v) is 7.89. The van der Waals surface area contributed by atoms with E-state index in [0.717, 1.165) is 44.9 Å². The Kier molecular flexibility index (Phi) is 6.51. The lowest BCUT2D eigenvalue weighted by Crippen LogP contribution is -2.03. The largest absolute Gasteiger partial charge is 0.416 e. The highest BCUT2D eigenvalue weighted by molar-refractivity contribution is 8.00. The van der Waals surface area contributed by atoms with Gasteiger partial charge in [0.2, 0.25) is 0 Å². The van der Waals surface area contributed by atoms with Crippen LogP contribution in [-0.4, -0.2) is 19.2 Å². The summed E-state index contributed by atoms with van der Waals surface area (Å²) in [5.74, 6) is 0. The Morgan fingerprint density at radius 3 is 2.22 bits per heavy atom. The average molecular weight is 539 g/mol. The van der Waals surface area contributed by atoms with Crippen LogP contribution < -0.4 is 4.72 Å². The van der Waals surface area contributed by atoms with Gasteiger partial charge in [-0.1, -0.05) is 30.3 Å². The monoisotopic (exact) mass is 538 g/mol. The Hall–Kier alpha value is -3.69. The van der Waals surface area contributed by atoms with Gasteiger partial charge in [0.05, 0.1) is 16.0 Å². The van der Waals surface area contributed by atoms with Crippen LogP contribution in [0.3, 0.4) is 0 Å². The number of nitrogens with one attached hydrogen (secondary N) is 1. The van der Waals surface area contributed by atoms with Crippen molar-refractivity contribution in [2.75, 3.05) is 11.0 Å². The fraction of sp³-hybridized carbons (Fsp3) is 0.0714. The first-order valence-electron chi connectivity index (χ1n) is 11.2. The third-order valence-electron chi connectivity index (χ3n) is 5.92. The molecule has 1 aromatic heterocycles. The van der Waals surface area contributed by atoms with Crippen LogP contribution in [0, 0.1) is 0 Å². The Morgan fingerprint density at radius 2 is 1.54 bits per heavy atom. The molecular formula is C28H21F3N2O2S2. The van der Waals surface area contributed by atoms with Crippen LogP contribution in [0.25, 0.3) is 27.7 Å². The van der Waals surface area contributed by atoms with Crippen LogP contribution in [0.15, 0.2) is 113 Å². The summed E-state index contributed by atoms with van der Waals surface area (Å²) >= 11 is 1.37. The van der Waals surface area contributed by atoms with Crippen molar-refractivity contribution in [3.63, 3.8) is 0 Å². The molecule has 0 amide bonds. The summed E-state index contributed by atoms with van der Waals surface area (Å²) in [6.07, 6.45) is -1.25. The van der Waals surface area contributed by atoms with Crippen LogP contribution in [0.2, 0.25) is 0 Å². The van der Waals surface area contributed by atoms with Crippen molar-refractivity contribution in [3.8, 4) is 16.8 Å². The zero-order chi connectivity index (χ0) is 26.2. The molecule has 0 aliphatic heterocycles. The predicted molar refractivity (Wildman–Crippen MR) is 143 cm³/mol. The second kappa shape index (κ2) is 9.64. The Labute approximate surface area is 216 Å². The van der Waals surface area contributed by atoms with Gasteiger partial charge in [0.15, 0.2) is 9.84 Å². The first-order chi connectivity index (χ1) is 17.6. The molecule has 0 spiro atoms. The number of alkyl halides is 3. The van der Waals surface area contributed by atoms with Crippen molar-refractivity contribution in [3.05, 3.63) is 109 Å². The summed E-state index contributed by atoms with van der Waals surface area (Å²) < 4.78 is 67.5. The first kappa shape index (κ1) is 25.0. The maximum absolute atomic E-state index is 13.0. The number of anilines is 1. The summed E-state index contributed by atoms with van der Waals surface area (Å²) in [6, 6.07) is 27.4. The molecule has 0 aliphatic carbocycles. The Morgan fingerprint density at radius 1 is 0.838 bits per heavy atom. The average Bonchev–Trinajstić information content (AvgIpc) is 3.31. The molecule has 188 valence electrons. The number of fused-ring (bicyclic) bond motifs is 1. The molecule has 5 rings (SSSR count). The molecular weight excluding hydrogens is 517 g/mol. The number of nitrogens with zero attached hydrogens (tertiary/aromatic N) is 1. The summed E-state index contributed by atoms with van der Waals surface area (Å²) in [4.78, 5) is 1.14. The normalized spacial score (nSPS) is 12.1. The van der Waals surface area contributed by atoms with Gasteiger partial charge in [0.1, 0.15) is 0 Å². The number of hydrogen-bond donors (Lipinski definition) is 1. The molecule has 1 N–H and O–H groups in total. The van der Waals surface area contributed by atoms with E-state index in [1.165, 1.54) is 30.3 Å². The fourth-order valence-corrected chi connectivity index (χ4v) is 5.34. The van der Waals surface area contributed by atoms with Crippen LogP contribution >= 0.6 is 11.9 Å². The highest BCUT2D eigenvalue weighted by atomic mass is 32.2. The SMILES string of the molecule is CS(=O)(=O)c1ccc(SNc2cccc(-n3ccc4c(-c5ccc(C(F)(F)F)cc5)cccc43)c2)cc1. The predicted octanol–water partition coefficient (Wildman–Crippen LogP) is 7.84. The van der Waals surface area contributed by atoms with E-state index < -0.39 is 21.6 Å². The van der Waals surface area contributed by atoms with Gasteiger partial charge in [-0.3, -0.25) is 0 Å². The van der Waals surface area contributed by atoms with Gasteiger partial charge < -0.3 is 9.29 Å². The summed E-state index contributed by atoms with van der Waals surface area (Å²) in [5.41, 5.74) is 3.60. The van der Waals surface area contributed by atoms with Crippen molar-refractivity contribution >= 4 is 38.4 Å². The lowest BCUT2D eigenvalue weighted by Gasteiger charge is -2.11. The first-order valence-corrected chi connectivity index (χ1v) is 13.9. The van der Waals surface area contributed by atoms with Crippen molar-refractivity contribution in [1.29, 1.82) is 0 Å².